The van der Waals surface area contributed by atoms with E-state index < -0.39 is 9.84 Å². The third-order valence-corrected chi connectivity index (χ3v) is 6.15. The highest BCUT2D eigenvalue weighted by Gasteiger charge is 2.32. The highest BCUT2D eigenvalue weighted by atomic mass is 79.9. The first-order valence-corrected chi connectivity index (χ1v) is 8.81. The van der Waals surface area contributed by atoms with E-state index in [4.69, 9.17) is 10.5 Å². The Bertz CT molecular complexity index is 559. The van der Waals surface area contributed by atoms with E-state index in [-0.39, 0.29) is 23.5 Å². The molecular formula is C13H18BrNO3S. The van der Waals surface area contributed by atoms with Crippen molar-refractivity contribution in [2.75, 3.05) is 18.6 Å². The van der Waals surface area contributed by atoms with Gasteiger partial charge in [0.15, 0.2) is 9.84 Å². The summed E-state index contributed by atoms with van der Waals surface area (Å²) in [5.74, 6) is 1.33. The third kappa shape index (κ3) is 3.70. The number of benzene rings is 1. The summed E-state index contributed by atoms with van der Waals surface area (Å²) in [6.45, 7) is 0. The van der Waals surface area contributed by atoms with E-state index in [1.54, 1.807) is 7.11 Å². The van der Waals surface area contributed by atoms with Gasteiger partial charge in [-0.3, -0.25) is 0 Å². The Morgan fingerprint density at radius 1 is 1.53 bits per heavy atom. The lowest BCUT2D eigenvalue weighted by atomic mass is 9.94. The van der Waals surface area contributed by atoms with Crippen molar-refractivity contribution in [2.24, 2.45) is 11.7 Å². The summed E-state index contributed by atoms with van der Waals surface area (Å²) in [4.78, 5) is 0. The van der Waals surface area contributed by atoms with Gasteiger partial charge in [-0.05, 0) is 42.5 Å². The third-order valence-electron chi connectivity index (χ3n) is 3.58. The second kappa shape index (κ2) is 5.81. The van der Waals surface area contributed by atoms with E-state index in [1.165, 1.54) is 0 Å². The largest absolute Gasteiger partial charge is 0.497 e. The lowest BCUT2D eigenvalue weighted by molar-refractivity contribution is 0.412. The molecule has 0 amide bonds. The van der Waals surface area contributed by atoms with Crippen LogP contribution in [0.25, 0.3) is 0 Å². The molecular weight excluding hydrogens is 330 g/mol. The Morgan fingerprint density at radius 3 is 2.84 bits per heavy atom. The number of ether oxygens (including phenoxy) is 1. The van der Waals surface area contributed by atoms with Crippen LogP contribution in [-0.4, -0.2) is 33.1 Å². The van der Waals surface area contributed by atoms with Crippen molar-refractivity contribution in [3.8, 4) is 5.75 Å². The second-order valence-electron chi connectivity index (χ2n) is 4.99. The van der Waals surface area contributed by atoms with Crippen LogP contribution in [-0.2, 0) is 16.3 Å². The molecule has 2 unspecified atom stereocenters. The minimum absolute atomic E-state index is 0.0584. The Hall–Kier alpha value is -0.590. The molecule has 19 heavy (non-hydrogen) atoms. The maximum atomic E-state index is 11.5. The number of methoxy groups -OCH3 is 1. The molecule has 1 aliphatic heterocycles. The predicted molar refractivity (Wildman–Crippen MR) is 79.1 cm³/mol. The van der Waals surface area contributed by atoms with Crippen molar-refractivity contribution in [1.29, 1.82) is 0 Å². The Morgan fingerprint density at radius 2 is 2.26 bits per heavy atom. The summed E-state index contributed by atoms with van der Waals surface area (Å²) in [5.41, 5.74) is 7.22. The van der Waals surface area contributed by atoms with Gasteiger partial charge < -0.3 is 10.5 Å². The van der Waals surface area contributed by atoms with Gasteiger partial charge in [0, 0.05) is 10.5 Å². The van der Waals surface area contributed by atoms with Crippen LogP contribution in [0.2, 0.25) is 0 Å². The smallest absolute Gasteiger partial charge is 0.150 e. The highest BCUT2D eigenvalue weighted by molar-refractivity contribution is 9.10. The molecule has 1 aromatic carbocycles. The fourth-order valence-electron chi connectivity index (χ4n) is 2.42. The van der Waals surface area contributed by atoms with Crippen LogP contribution in [0.4, 0.5) is 0 Å². The van der Waals surface area contributed by atoms with Crippen molar-refractivity contribution in [3.63, 3.8) is 0 Å². The SMILES string of the molecule is COc1ccc(Br)c(CC(N)C2CCS(=O)(=O)C2)c1. The lowest BCUT2D eigenvalue weighted by Crippen LogP contribution is -2.33. The van der Waals surface area contributed by atoms with Crippen LogP contribution < -0.4 is 10.5 Å². The molecule has 0 saturated carbocycles. The topological polar surface area (TPSA) is 69.4 Å². The van der Waals surface area contributed by atoms with Crippen molar-refractivity contribution < 1.29 is 13.2 Å². The van der Waals surface area contributed by atoms with Crippen LogP contribution in [0.5, 0.6) is 5.75 Å². The molecule has 0 bridgehead atoms. The van der Waals surface area contributed by atoms with Gasteiger partial charge >= 0.3 is 0 Å². The summed E-state index contributed by atoms with van der Waals surface area (Å²) in [6.07, 6.45) is 1.32. The molecule has 2 atom stereocenters. The van der Waals surface area contributed by atoms with Crippen LogP contribution in [0.15, 0.2) is 22.7 Å². The van der Waals surface area contributed by atoms with Crippen molar-refractivity contribution in [1.82, 2.24) is 0 Å². The standard InChI is InChI=1S/C13H18BrNO3S/c1-18-11-2-3-12(14)10(6-11)7-13(15)9-4-5-19(16,17)8-9/h2-3,6,9,13H,4-5,7-8,15H2,1H3. The maximum Gasteiger partial charge on any atom is 0.150 e. The molecule has 1 saturated heterocycles. The van der Waals surface area contributed by atoms with E-state index in [9.17, 15) is 8.42 Å². The normalized spacial score (nSPS) is 23.2. The molecule has 0 radical (unpaired) electrons. The number of halogens is 1. The molecule has 0 aromatic heterocycles. The molecule has 2 N–H and O–H groups in total. The van der Waals surface area contributed by atoms with Gasteiger partial charge in [-0.15, -0.1) is 0 Å². The Labute approximate surface area is 122 Å². The average Bonchev–Trinajstić information content (AvgIpc) is 2.72. The first kappa shape index (κ1) is 14.8. The van der Waals surface area contributed by atoms with Gasteiger partial charge in [0.05, 0.1) is 18.6 Å². The Balaban J connectivity index is 2.09. The lowest BCUT2D eigenvalue weighted by Gasteiger charge is -2.19. The van der Waals surface area contributed by atoms with E-state index in [0.29, 0.717) is 12.8 Å². The van der Waals surface area contributed by atoms with Crippen LogP contribution in [0.1, 0.15) is 12.0 Å². The van der Waals surface area contributed by atoms with E-state index in [2.05, 4.69) is 15.9 Å². The summed E-state index contributed by atoms with van der Waals surface area (Å²) < 4.78 is 29.1. The Kier molecular flexibility index (Phi) is 4.53. The quantitative estimate of drug-likeness (QED) is 0.900. The second-order valence-corrected chi connectivity index (χ2v) is 8.07. The first-order chi connectivity index (χ1) is 8.91. The number of hydrogen-bond donors (Lipinski definition) is 1. The van der Waals surface area contributed by atoms with Gasteiger partial charge in [0.25, 0.3) is 0 Å². The first-order valence-electron chi connectivity index (χ1n) is 6.20. The molecule has 0 aliphatic carbocycles. The van der Waals surface area contributed by atoms with Crippen LogP contribution in [0, 0.1) is 5.92 Å². The van der Waals surface area contributed by atoms with Crippen molar-refractivity contribution >= 4 is 25.8 Å². The predicted octanol–water partition coefficient (Wildman–Crippen LogP) is 1.76. The molecule has 1 aromatic rings. The zero-order valence-corrected chi connectivity index (χ0v) is 13.2. The fourth-order valence-corrected chi connectivity index (χ4v) is 4.72. The molecule has 4 nitrogen and oxygen atoms in total. The fraction of sp³-hybridized carbons (Fsp3) is 0.538. The van der Waals surface area contributed by atoms with Crippen molar-refractivity contribution in [2.45, 2.75) is 18.9 Å². The minimum Gasteiger partial charge on any atom is -0.497 e. The zero-order chi connectivity index (χ0) is 14.0. The summed E-state index contributed by atoms with van der Waals surface area (Å²) in [6, 6.07) is 5.60. The minimum atomic E-state index is -2.87. The van der Waals surface area contributed by atoms with Gasteiger partial charge in [-0.1, -0.05) is 15.9 Å². The van der Waals surface area contributed by atoms with E-state index in [0.717, 1.165) is 15.8 Å². The van der Waals surface area contributed by atoms with Crippen LogP contribution in [0.3, 0.4) is 0 Å². The van der Waals surface area contributed by atoms with Gasteiger partial charge in [-0.25, -0.2) is 8.42 Å². The molecule has 1 aliphatic rings. The number of nitrogens with two attached hydrogens (primary N) is 1. The molecule has 106 valence electrons. The van der Waals surface area contributed by atoms with Crippen molar-refractivity contribution in [3.05, 3.63) is 28.2 Å². The van der Waals surface area contributed by atoms with Crippen LogP contribution >= 0.6 is 15.9 Å². The van der Waals surface area contributed by atoms with Gasteiger partial charge in [-0.2, -0.15) is 0 Å². The maximum absolute atomic E-state index is 11.5. The highest BCUT2D eigenvalue weighted by Crippen LogP contribution is 2.27. The van der Waals surface area contributed by atoms with Gasteiger partial charge in [0.1, 0.15) is 5.75 Å². The molecule has 2 rings (SSSR count). The molecule has 1 heterocycles. The summed E-state index contributed by atoms with van der Waals surface area (Å²) in [7, 11) is -1.25. The zero-order valence-electron chi connectivity index (χ0n) is 10.8. The summed E-state index contributed by atoms with van der Waals surface area (Å²) >= 11 is 3.49. The summed E-state index contributed by atoms with van der Waals surface area (Å²) in [5, 5.41) is 0. The average molecular weight is 348 g/mol. The molecule has 6 heteroatoms. The monoisotopic (exact) mass is 347 g/mol. The van der Waals surface area contributed by atoms with Gasteiger partial charge in [0.2, 0.25) is 0 Å². The number of hydrogen-bond acceptors (Lipinski definition) is 4. The number of sulfone groups is 1. The molecule has 1 fully saturated rings. The van der Waals surface area contributed by atoms with E-state index >= 15 is 0 Å². The van der Waals surface area contributed by atoms with E-state index in [1.807, 2.05) is 18.2 Å². The number of rotatable bonds is 4. The molecule has 0 spiro atoms.